The predicted molar refractivity (Wildman–Crippen MR) is 216 cm³/mol. The molecule has 0 saturated carbocycles. The SMILES string of the molecule is CC1(C)C(/C=C/C=C2/N(CCCCCC(=O)O)c3ccc(S(=O)(=O)O)cc3C2(C)C)=[N+](CCCS(=O)(=O)O)c2ccc(CNC(=O)c3ccc(CN)cc3)cc21. The van der Waals surface area contributed by atoms with Gasteiger partial charge in [0.1, 0.15) is 6.54 Å². The van der Waals surface area contributed by atoms with Crippen molar-refractivity contribution >= 4 is 49.2 Å². The van der Waals surface area contributed by atoms with Gasteiger partial charge in [-0.3, -0.25) is 18.7 Å². The summed E-state index contributed by atoms with van der Waals surface area (Å²) in [5.41, 5.74) is 11.9. The number of hydrogen-bond acceptors (Lipinski definition) is 8. The molecule has 2 aliphatic rings. The Bertz CT molecular complexity index is 2310. The van der Waals surface area contributed by atoms with Crippen LogP contribution in [0.25, 0.3) is 0 Å². The lowest BCUT2D eigenvalue weighted by molar-refractivity contribution is -0.437. The van der Waals surface area contributed by atoms with Crippen molar-refractivity contribution < 1.29 is 45.2 Å². The standard InChI is InChI=1S/C41H50N4O9S2/c1-40(2)32-24-29(27-43-39(48)30-16-13-28(26-42)14-17-30)15-19-34(32)45(22-9-23-55(49,50)51)36(40)10-8-11-37-41(3,4)33-25-31(56(52,53)54)18-20-35(33)44(37)21-7-5-6-12-38(46)47/h8,10-11,13-20,24-25H,5-7,9,12,21-23,26-27,42H2,1-4H3,(H3-,43,46,47,48,49,50,51,52,53,54)/p+1. The van der Waals surface area contributed by atoms with E-state index >= 15 is 0 Å². The molecule has 0 radical (unpaired) electrons. The van der Waals surface area contributed by atoms with Crippen LogP contribution in [0.4, 0.5) is 11.4 Å². The molecule has 5 rings (SSSR count). The molecule has 56 heavy (non-hydrogen) atoms. The smallest absolute Gasteiger partial charge is 0.303 e. The molecule has 1 amide bonds. The van der Waals surface area contributed by atoms with Gasteiger partial charge in [-0.1, -0.05) is 44.5 Å². The van der Waals surface area contributed by atoms with Gasteiger partial charge in [-0.25, -0.2) is 0 Å². The van der Waals surface area contributed by atoms with Gasteiger partial charge in [-0.05, 0) is 85.9 Å². The largest absolute Gasteiger partial charge is 0.481 e. The minimum atomic E-state index is -4.45. The summed E-state index contributed by atoms with van der Waals surface area (Å²) in [7, 11) is -8.64. The summed E-state index contributed by atoms with van der Waals surface area (Å²) in [6.07, 6.45) is 7.99. The Balaban J connectivity index is 1.47. The van der Waals surface area contributed by atoms with Crippen molar-refractivity contribution in [1.82, 2.24) is 5.32 Å². The summed E-state index contributed by atoms with van der Waals surface area (Å²) in [5.74, 6) is -1.48. The number of nitrogens with zero attached hydrogens (tertiary/aromatic N) is 2. The number of amides is 1. The van der Waals surface area contributed by atoms with Gasteiger partial charge in [0.2, 0.25) is 5.69 Å². The van der Waals surface area contributed by atoms with Gasteiger partial charge < -0.3 is 21.1 Å². The number of benzene rings is 3. The second-order valence-electron chi connectivity index (χ2n) is 15.3. The molecule has 0 aromatic heterocycles. The quantitative estimate of drug-likeness (QED) is 0.0620. The summed E-state index contributed by atoms with van der Waals surface area (Å²) in [6.45, 7) is 9.60. The van der Waals surface area contributed by atoms with Crippen LogP contribution < -0.4 is 16.0 Å². The third-order valence-corrected chi connectivity index (χ3v) is 12.2. The van der Waals surface area contributed by atoms with E-state index < -0.39 is 42.8 Å². The first-order chi connectivity index (χ1) is 26.2. The van der Waals surface area contributed by atoms with Crippen molar-refractivity contribution in [2.24, 2.45) is 5.73 Å². The third kappa shape index (κ3) is 9.64. The molecule has 3 aromatic rings. The van der Waals surface area contributed by atoms with Crippen LogP contribution >= 0.6 is 0 Å². The highest BCUT2D eigenvalue weighted by molar-refractivity contribution is 7.86. The van der Waals surface area contributed by atoms with Crippen LogP contribution in [-0.4, -0.2) is 72.1 Å². The summed E-state index contributed by atoms with van der Waals surface area (Å²) in [4.78, 5) is 25.9. The Morgan fingerprint density at radius 1 is 0.857 bits per heavy atom. The van der Waals surface area contributed by atoms with Gasteiger partial charge in [0, 0.05) is 72.5 Å². The van der Waals surface area contributed by atoms with E-state index in [0.29, 0.717) is 44.5 Å². The molecule has 0 atom stereocenters. The Morgan fingerprint density at radius 3 is 2.20 bits per heavy atom. The predicted octanol–water partition coefficient (Wildman–Crippen LogP) is 5.86. The molecular weight excluding hydrogens is 757 g/mol. The van der Waals surface area contributed by atoms with Crippen LogP contribution in [0.2, 0.25) is 0 Å². The van der Waals surface area contributed by atoms with E-state index in [1.165, 1.54) is 12.1 Å². The molecule has 6 N–H and O–H groups in total. The monoisotopic (exact) mass is 807 g/mol. The van der Waals surface area contributed by atoms with Crippen molar-refractivity contribution in [3.8, 4) is 0 Å². The highest BCUT2D eigenvalue weighted by atomic mass is 32.2. The number of rotatable bonds is 17. The maximum absolute atomic E-state index is 12.9. The van der Waals surface area contributed by atoms with Crippen molar-refractivity contribution in [1.29, 1.82) is 0 Å². The highest BCUT2D eigenvalue weighted by Gasteiger charge is 2.45. The maximum atomic E-state index is 12.9. The molecule has 0 aliphatic carbocycles. The maximum Gasteiger partial charge on any atom is 0.303 e. The molecule has 0 fully saturated rings. The molecule has 13 nitrogen and oxygen atoms in total. The van der Waals surface area contributed by atoms with Crippen LogP contribution in [0.15, 0.2) is 89.5 Å². The first-order valence-corrected chi connectivity index (χ1v) is 21.6. The molecule has 0 saturated heterocycles. The van der Waals surface area contributed by atoms with Crippen LogP contribution in [0.5, 0.6) is 0 Å². The zero-order valence-electron chi connectivity index (χ0n) is 32.2. The Hall–Kier alpha value is -4.67. The van der Waals surface area contributed by atoms with E-state index in [4.69, 9.17) is 10.8 Å². The first kappa shape index (κ1) is 42.5. The molecule has 2 aliphatic heterocycles. The van der Waals surface area contributed by atoms with E-state index in [0.717, 1.165) is 45.0 Å². The van der Waals surface area contributed by atoms with Crippen LogP contribution in [0.1, 0.15) is 92.4 Å². The normalized spacial score (nSPS) is 16.8. The number of nitrogens with two attached hydrogens (primary N) is 1. The Kier molecular flexibility index (Phi) is 12.8. The van der Waals surface area contributed by atoms with E-state index in [9.17, 15) is 35.5 Å². The molecule has 3 aromatic carbocycles. The van der Waals surface area contributed by atoms with E-state index in [1.54, 1.807) is 18.2 Å². The number of carboxylic acids is 1. The van der Waals surface area contributed by atoms with Gasteiger partial charge in [0.15, 0.2) is 5.71 Å². The summed E-state index contributed by atoms with van der Waals surface area (Å²) < 4.78 is 68.9. The minimum Gasteiger partial charge on any atom is -0.481 e. The number of fused-ring (bicyclic) bond motifs is 2. The molecule has 15 heteroatoms. The van der Waals surface area contributed by atoms with E-state index in [2.05, 4.69) is 24.1 Å². The average Bonchev–Trinajstić information content (AvgIpc) is 3.47. The third-order valence-electron chi connectivity index (χ3n) is 10.6. The van der Waals surface area contributed by atoms with E-state index in [-0.39, 0.29) is 30.2 Å². The number of aliphatic carboxylic acids is 1. The average molecular weight is 808 g/mol. The van der Waals surface area contributed by atoms with Crippen molar-refractivity contribution in [2.75, 3.05) is 23.7 Å². The Labute approximate surface area is 329 Å². The van der Waals surface area contributed by atoms with Gasteiger partial charge in [0.05, 0.1) is 16.1 Å². The minimum absolute atomic E-state index is 0.0723. The number of unbranched alkanes of at least 4 members (excludes halogenated alkanes) is 2. The van der Waals surface area contributed by atoms with E-state index in [1.807, 2.05) is 67.0 Å². The summed E-state index contributed by atoms with van der Waals surface area (Å²) in [6, 6.07) is 17.6. The highest BCUT2D eigenvalue weighted by Crippen LogP contribution is 2.49. The zero-order valence-corrected chi connectivity index (χ0v) is 33.8. The second-order valence-corrected chi connectivity index (χ2v) is 18.3. The molecule has 2 heterocycles. The molecule has 0 bridgehead atoms. The number of anilines is 1. The van der Waals surface area contributed by atoms with Crippen molar-refractivity contribution in [3.05, 3.63) is 112 Å². The van der Waals surface area contributed by atoms with Crippen LogP contribution in [-0.2, 0) is 49.0 Å². The Morgan fingerprint density at radius 2 is 1.55 bits per heavy atom. The lowest BCUT2D eigenvalue weighted by atomic mass is 9.80. The lowest BCUT2D eigenvalue weighted by Gasteiger charge is -2.27. The van der Waals surface area contributed by atoms with Crippen LogP contribution in [0, 0.1) is 0 Å². The van der Waals surface area contributed by atoms with Crippen LogP contribution in [0.3, 0.4) is 0 Å². The number of carbonyl (C=O) groups is 2. The molecule has 300 valence electrons. The number of carboxylic acid groups (broad SMARTS) is 1. The van der Waals surface area contributed by atoms with Gasteiger partial charge in [-0.2, -0.15) is 21.4 Å². The molecule has 0 unspecified atom stereocenters. The fourth-order valence-corrected chi connectivity index (χ4v) is 8.57. The first-order valence-electron chi connectivity index (χ1n) is 18.5. The van der Waals surface area contributed by atoms with Crippen molar-refractivity contribution in [3.63, 3.8) is 0 Å². The second kappa shape index (κ2) is 16.8. The molecular formula is C41H51N4O9S2+. The van der Waals surface area contributed by atoms with Gasteiger partial charge in [0.25, 0.3) is 26.1 Å². The zero-order chi connectivity index (χ0) is 41.1. The number of hydrogen-bond donors (Lipinski definition) is 5. The lowest BCUT2D eigenvalue weighted by Crippen LogP contribution is -2.29. The van der Waals surface area contributed by atoms with Gasteiger partial charge >= 0.3 is 5.97 Å². The summed E-state index contributed by atoms with van der Waals surface area (Å²) in [5, 5.41) is 12.1. The number of carbonyl (C=O) groups excluding carboxylic acids is 1. The fourth-order valence-electron chi connectivity index (χ4n) is 7.56. The fraction of sp³-hybridized carbons (Fsp3) is 0.390. The molecule has 0 spiro atoms. The number of nitrogens with one attached hydrogen (secondary N) is 1. The van der Waals surface area contributed by atoms with Gasteiger partial charge in [-0.15, -0.1) is 0 Å². The van der Waals surface area contributed by atoms with Crippen molar-refractivity contribution in [2.45, 2.75) is 88.6 Å². The topological polar surface area (TPSA) is 207 Å². The number of allylic oxidation sites excluding steroid dienone is 4. The summed E-state index contributed by atoms with van der Waals surface area (Å²) >= 11 is 0.